The van der Waals surface area contributed by atoms with E-state index in [9.17, 15) is 9.90 Å². The summed E-state index contributed by atoms with van der Waals surface area (Å²) in [6.07, 6.45) is 0. The van der Waals surface area contributed by atoms with Crippen LogP contribution < -0.4 is 5.32 Å². The van der Waals surface area contributed by atoms with Crippen LogP contribution in [0, 0.1) is 27.7 Å². The van der Waals surface area contributed by atoms with E-state index in [-0.39, 0.29) is 12.4 Å². The van der Waals surface area contributed by atoms with Crippen molar-refractivity contribution in [3.05, 3.63) is 46.4 Å². The molecule has 3 rings (SSSR count). The van der Waals surface area contributed by atoms with Crippen LogP contribution in [0.4, 0.5) is 0 Å². The average molecular weight is 343 g/mol. The van der Waals surface area contributed by atoms with E-state index >= 15 is 0 Å². The highest BCUT2D eigenvalue weighted by atomic mass is 16.3. The molecule has 0 bridgehead atoms. The van der Waals surface area contributed by atoms with Crippen molar-refractivity contribution in [1.29, 1.82) is 0 Å². The van der Waals surface area contributed by atoms with Gasteiger partial charge in [0.25, 0.3) is 11.7 Å². The largest absolute Gasteiger partial charge is 0.466 e. The van der Waals surface area contributed by atoms with Gasteiger partial charge in [0.05, 0.1) is 6.54 Å². The number of nitrogens with zero attached hydrogens (tertiary/aromatic N) is 4. The fraction of sp³-hybridized carbons (Fsp3) is 0.412. The Morgan fingerprint density at radius 2 is 2.00 bits per heavy atom. The van der Waals surface area contributed by atoms with E-state index < -0.39 is 11.5 Å². The van der Waals surface area contributed by atoms with Crippen LogP contribution in [-0.4, -0.2) is 37.1 Å². The van der Waals surface area contributed by atoms with Gasteiger partial charge in [-0.05, 0) is 46.8 Å². The smallest absolute Gasteiger partial charge is 0.291 e. The number of carbonyl (C=O) groups excluding carboxylic acids is 1. The Kier molecular flexibility index (Phi) is 4.08. The Morgan fingerprint density at radius 1 is 1.28 bits per heavy atom. The van der Waals surface area contributed by atoms with Crippen LogP contribution in [0.1, 0.15) is 46.0 Å². The molecule has 0 saturated carbocycles. The first-order chi connectivity index (χ1) is 11.7. The van der Waals surface area contributed by atoms with Crippen molar-refractivity contribution in [3.63, 3.8) is 0 Å². The molecule has 0 saturated heterocycles. The second-order valence-corrected chi connectivity index (χ2v) is 6.47. The van der Waals surface area contributed by atoms with E-state index in [1.165, 1.54) is 4.52 Å². The second kappa shape index (κ2) is 5.96. The first-order valence-electron chi connectivity index (χ1n) is 7.96. The molecule has 0 fully saturated rings. The monoisotopic (exact) mass is 343 g/mol. The van der Waals surface area contributed by atoms with Crippen LogP contribution in [0.3, 0.4) is 0 Å². The van der Waals surface area contributed by atoms with Gasteiger partial charge in [-0.1, -0.05) is 0 Å². The van der Waals surface area contributed by atoms with Crippen molar-refractivity contribution >= 4 is 11.7 Å². The quantitative estimate of drug-likeness (QED) is 0.745. The number of carbonyl (C=O) groups is 1. The Morgan fingerprint density at radius 3 is 2.64 bits per heavy atom. The normalized spacial score (nSPS) is 13.8. The number of hydrogen-bond donors (Lipinski definition) is 2. The molecule has 3 heterocycles. The minimum atomic E-state index is -1.26. The highest BCUT2D eigenvalue weighted by Crippen LogP contribution is 2.26. The first kappa shape index (κ1) is 17.1. The molecular weight excluding hydrogens is 322 g/mol. The fourth-order valence-electron chi connectivity index (χ4n) is 2.85. The minimum Gasteiger partial charge on any atom is -0.466 e. The number of hydrogen-bond acceptors (Lipinski definition) is 6. The third-order valence-electron chi connectivity index (χ3n) is 4.04. The lowest BCUT2D eigenvalue weighted by atomic mass is 9.96. The van der Waals surface area contributed by atoms with Gasteiger partial charge in [-0.2, -0.15) is 4.98 Å². The van der Waals surface area contributed by atoms with E-state index in [1.54, 1.807) is 19.9 Å². The predicted molar refractivity (Wildman–Crippen MR) is 90.3 cm³/mol. The lowest BCUT2D eigenvalue weighted by Gasteiger charge is -2.22. The van der Waals surface area contributed by atoms with Gasteiger partial charge in [-0.25, -0.2) is 9.50 Å². The van der Waals surface area contributed by atoms with Crippen LogP contribution in [-0.2, 0) is 5.60 Å². The Labute approximate surface area is 144 Å². The van der Waals surface area contributed by atoms with Gasteiger partial charge in [0.2, 0.25) is 5.82 Å². The van der Waals surface area contributed by atoms with Crippen LogP contribution >= 0.6 is 0 Å². The molecule has 25 heavy (non-hydrogen) atoms. The number of aryl methyl sites for hydroxylation is 4. The van der Waals surface area contributed by atoms with E-state index in [0.717, 1.165) is 11.4 Å². The zero-order valence-corrected chi connectivity index (χ0v) is 14.9. The summed E-state index contributed by atoms with van der Waals surface area (Å²) in [7, 11) is 0. The van der Waals surface area contributed by atoms with Gasteiger partial charge in [-0.15, -0.1) is 5.10 Å². The number of fused-ring (bicyclic) bond motifs is 1. The van der Waals surface area contributed by atoms with E-state index in [4.69, 9.17) is 4.42 Å². The number of amides is 1. The van der Waals surface area contributed by atoms with E-state index in [0.29, 0.717) is 22.9 Å². The summed E-state index contributed by atoms with van der Waals surface area (Å²) in [6, 6.07) is 3.62. The SMILES string of the molecule is Cc1cc(C)n2nc(C(=O)NCC(C)(O)c3cc(C)oc3C)nc2n1. The van der Waals surface area contributed by atoms with Gasteiger partial charge in [0.1, 0.15) is 17.1 Å². The molecule has 1 amide bonds. The number of aliphatic hydroxyl groups is 1. The molecule has 3 aromatic heterocycles. The zero-order valence-electron chi connectivity index (χ0n) is 14.9. The zero-order chi connectivity index (χ0) is 18.4. The average Bonchev–Trinajstić information content (AvgIpc) is 3.08. The Balaban J connectivity index is 1.78. The van der Waals surface area contributed by atoms with Crippen molar-refractivity contribution in [2.24, 2.45) is 0 Å². The van der Waals surface area contributed by atoms with Gasteiger partial charge >= 0.3 is 0 Å². The molecule has 132 valence electrons. The number of aromatic nitrogens is 4. The molecule has 0 spiro atoms. The topological polar surface area (TPSA) is 106 Å². The Hall–Kier alpha value is -2.74. The third kappa shape index (κ3) is 3.25. The molecule has 3 aromatic rings. The summed E-state index contributed by atoms with van der Waals surface area (Å²) in [5, 5.41) is 17.5. The van der Waals surface area contributed by atoms with Crippen LogP contribution in [0.15, 0.2) is 16.5 Å². The molecule has 2 N–H and O–H groups in total. The summed E-state index contributed by atoms with van der Waals surface area (Å²) in [6.45, 7) is 8.94. The second-order valence-electron chi connectivity index (χ2n) is 6.47. The molecular formula is C17H21N5O3. The van der Waals surface area contributed by atoms with Crippen LogP contribution in [0.25, 0.3) is 5.78 Å². The summed E-state index contributed by atoms with van der Waals surface area (Å²) in [5.41, 5.74) is 1.02. The van der Waals surface area contributed by atoms with Crippen molar-refractivity contribution in [2.45, 2.75) is 40.2 Å². The molecule has 0 aliphatic heterocycles. The summed E-state index contributed by atoms with van der Waals surface area (Å²) < 4.78 is 6.97. The predicted octanol–water partition coefficient (Wildman–Crippen LogP) is 1.59. The molecule has 1 unspecified atom stereocenters. The number of rotatable bonds is 4. The van der Waals surface area contributed by atoms with Crippen molar-refractivity contribution in [2.75, 3.05) is 6.54 Å². The first-order valence-corrected chi connectivity index (χ1v) is 7.96. The summed E-state index contributed by atoms with van der Waals surface area (Å²) >= 11 is 0. The summed E-state index contributed by atoms with van der Waals surface area (Å²) in [5.74, 6) is 1.24. The molecule has 8 heteroatoms. The lowest BCUT2D eigenvalue weighted by molar-refractivity contribution is 0.0511. The molecule has 0 aliphatic rings. The molecule has 0 aliphatic carbocycles. The Bertz CT molecular complexity index is 955. The molecule has 1 atom stereocenters. The minimum absolute atomic E-state index is 0.00658. The molecule has 8 nitrogen and oxygen atoms in total. The highest BCUT2D eigenvalue weighted by Gasteiger charge is 2.29. The number of nitrogens with one attached hydrogen (secondary N) is 1. The maximum atomic E-state index is 12.4. The van der Waals surface area contributed by atoms with Gasteiger partial charge in [0, 0.05) is 17.0 Å². The van der Waals surface area contributed by atoms with Crippen LogP contribution in [0.5, 0.6) is 0 Å². The van der Waals surface area contributed by atoms with E-state index in [1.807, 2.05) is 26.8 Å². The fourth-order valence-corrected chi connectivity index (χ4v) is 2.85. The van der Waals surface area contributed by atoms with Crippen molar-refractivity contribution in [1.82, 2.24) is 24.9 Å². The molecule has 0 radical (unpaired) electrons. The molecule has 0 aromatic carbocycles. The maximum Gasteiger partial charge on any atom is 0.291 e. The van der Waals surface area contributed by atoms with Crippen LogP contribution in [0.2, 0.25) is 0 Å². The van der Waals surface area contributed by atoms with Gasteiger partial charge < -0.3 is 14.8 Å². The van der Waals surface area contributed by atoms with Crippen molar-refractivity contribution < 1.29 is 14.3 Å². The third-order valence-corrected chi connectivity index (χ3v) is 4.04. The van der Waals surface area contributed by atoms with E-state index in [2.05, 4.69) is 20.4 Å². The standard InChI is InChI=1S/C17H21N5O3/c1-9-6-10(2)22-16(19-9)20-14(21-22)15(23)18-8-17(5,24)13-7-11(3)25-12(13)4/h6-7,24H,8H2,1-5H3,(H,18,23). The highest BCUT2D eigenvalue weighted by molar-refractivity contribution is 5.90. The number of furan rings is 1. The van der Waals surface area contributed by atoms with Crippen molar-refractivity contribution in [3.8, 4) is 0 Å². The maximum absolute atomic E-state index is 12.4. The van der Waals surface area contributed by atoms with Gasteiger partial charge in [0.15, 0.2) is 0 Å². The lowest BCUT2D eigenvalue weighted by Crippen LogP contribution is -2.39. The van der Waals surface area contributed by atoms with Gasteiger partial charge in [-0.3, -0.25) is 4.79 Å². The summed E-state index contributed by atoms with van der Waals surface area (Å²) in [4.78, 5) is 20.8.